The Labute approximate surface area is 119 Å². The highest BCUT2D eigenvalue weighted by Gasteiger charge is 2.19. The minimum atomic E-state index is 0.0759. The number of carbonyl (C=O) groups is 1. The molecule has 0 unspecified atom stereocenters. The molecule has 1 aromatic carbocycles. The lowest BCUT2D eigenvalue weighted by Gasteiger charge is -2.24. The van der Waals surface area contributed by atoms with Crippen LogP contribution in [0.3, 0.4) is 0 Å². The number of hydrogen-bond donors (Lipinski definition) is 2. The molecule has 2 aliphatic rings. The first-order valence-corrected chi connectivity index (χ1v) is 7.54. The molecule has 3 rings (SSSR count). The predicted octanol–water partition coefficient (Wildman–Crippen LogP) is 1.88. The third-order valence-corrected chi connectivity index (χ3v) is 4.10. The van der Waals surface area contributed by atoms with Gasteiger partial charge in [-0.1, -0.05) is 12.1 Å². The quantitative estimate of drug-likeness (QED) is 0.885. The lowest BCUT2D eigenvalue weighted by molar-refractivity contribution is -0.117. The summed E-state index contributed by atoms with van der Waals surface area (Å²) in [7, 11) is 0. The number of fused-ring (bicyclic) bond motifs is 1. The first-order chi connectivity index (χ1) is 9.83. The molecular weight excluding hydrogens is 252 g/mol. The highest BCUT2D eigenvalue weighted by molar-refractivity contribution is 5.92. The van der Waals surface area contributed by atoms with E-state index in [0.29, 0.717) is 13.0 Å². The molecule has 2 N–H and O–H groups in total. The Kier molecular flexibility index (Phi) is 4.33. The van der Waals surface area contributed by atoms with Gasteiger partial charge in [0.2, 0.25) is 5.91 Å². The van der Waals surface area contributed by atoms with Crippen molar-refractivity contribution >= 4 is 11.6 Å². The molecular formula is C16H22N2O2. The van der Waals surface area contributed by atoms with Crippen LogP contribution in [0.5, 0.6) is 0 Å². The average Bonchev–Trinajstić information content (AvgIpc) is 2.48. The normalized spacial score (nSPS) is 22.1. The number of carbonyl (C=O) groups excluding carboxylic acids is 1. The van der Waals surface area contributed by atoms with Crippen LogP contribution in [-0.4, -0.2) is 31.7 Å². The first-order valence-electron chi connectivity index (χ1n) is 7.54. The molecule has 0 saturated carbocycles. The molecule has 1 aliphatic heterocycles. The van der Waals surface area contributed by atoms with Crippen LogP contribution in [0.2, 0.25) is 0 Å². The van der Waals surface area contributed by atoms with Gasteiger partial charge in [0.05, 0.1) is 13.2 Å². The smallest absolute Gasteiger partial charge is 0.226 e. The molecule has 20 heavy (non-hydrogen) atoms. The Hall–Kier alpha value is -1.39. The van der Waals surface area contributed by atoms with Gasteiger partial charge in [-0.25, -0.2) is 0 Å². The Morgan fingerprint density at radius 3 is 3.10 bits per heavy atom. The lowest BCUT2D eigenvalue weighted by atomic mass is 9.90. The molecule has 4 nitrogen and oxygen atoms in total. The van der Waals surface area contributed by atoms with Gasteiger partial charge in [-0.15, -0.1) is 0 Å². The largest absolute Gasteiger partial charge is 0.378 e. The van der Waals surface area contributed by atoms with Crippen molar-refractivity contribution in [3.05, 3.63) is 29.3 Å². The zero-order chi connectivity index (χ0) is 13.8. The van der Waals surface area contributed by atoms with Gasteiger partial charge < -0.3 is 15.4 Å². The monoisotopic (exact) mass is 274 g/mol. The third-order valence-electron chi connectivity index (χ3n) is 4.10. The van der Waals surface area contributed by atoms with Gasteiger partial charge in [0.15, 0.2) is 0 Å². The average molecular weight is 274 g/mol. The summed E-state index contributed by atoms with van der Waals surface area (Å²) in [5.74, 6) is 0.0759. The molecule has 0 aromatic heterocycles. The van der Waals surface area contributed by atoms with Gasteiger partial charge >= 0.3 is 0 Å². The summed E-state index contributed by atoms with van der Waals surface area (Å²) >= 11 is 0. The van der Waals surface area contributed by atoms with Crippen molar-refractivity contribution in [3.63, 3.8) is 0 Å². The molecule has 1 atom stereocenters. The zero-order valence-electron chi connectivity index (χ0n) is 11.8. The second-order valence-corrected chi connectivity index (χ2v) is 5.63. The maximum atomic E-state index is 12.2. The van der Waals surface area contributed by atoms with Crippen molar-refractivity contribution < 1.29 is 9.53 Å². The highest BCUT2D eigenvalue weighted by atomic mass is 16.5. The lowest BCUT2D eigenvalue weighted by Crippen LogP contribution is -2.43. The molecule has 1 aliphatic carbocycles. The number of amides is 1. The second-order valence-electron chi connectivity index (χ2n) is 5.63. The van der Waals surface area contributed by atoms with E-state index in [9.17, 15) is 4.79 Å². The molecule has 0 bridgehead atoms. The fourth-order valence-electron chi connectivity index (χ4n) is 3.07. The van der Waals surface area contributed by atoms with Gasteiger partial charge in [-0.05, 0) is 42.9 Å². The van der Waals surface area contributed by atoms with Crippen molar-refractivity contribution in [1.82, 2.24) is 5.32 Å². The molecule has 1 heterocycles. The van der Waals surface area contributed by atoms with Crippen LogP contribution in [0.4, 0.5) is 5.69 Å². The van der Waals surface area contributed by atoms with Crippen LogP contribution < -0.4 is 10.6 Å². The fourth-order valence-corrected chi connectivity index (χ4v) is 3.07. The Balaban J connectivity index is 1.63. The summed E-state index contributed by atoms with van der Waals surface area (Å²) in [6.45, 7) is 2.20. The van der Waals surface area contributed by atoms with E-state index < -0.39 is 0 Å². The maximum Gasteiger partial charge on any atom is 0.226 e. The summed E-state index contributed by atoms with van der Waals surface area (Å²) in [6.07, 6.45) is 5.17. The summed E-state index contributed by atoms with van der Waals surface area (Å²) in [6, 6.07) is 6.39. The number of hydrogen-bond acceptors (Lipinski definition) is 3. The number of aryl methyl sites for hydroxylation is 1. The number of rotatable bonds is 3. The van der Waals surface area contributed by atoms with Crippen LogP contribution in [0, 0.1) is 0 Å². The molecule has 108 valence electrons. The summed E-state index contributed by atoms with van der Waals surface area (Å²) in [5.41, 5.74) is 3.73. The topological polar surface area (TPSA) is 50.4 Å². The second kappa shape index (κ2) is 6.37. The van der Waals surface area contributed by atoms with E-state index in [-0.39, 0.29) is 11.9 Å². The van der Waals surface area contributed by atoms with Crippen molar-refractivity contribution in [1.29, 1.82) is 0 Å². The highest BCUT2D eigenvalue weighted by Crippen LogP contribution is 2.27. The van der Waals surface area contributed by atoms with E-state index in [1.807, 2.05) is 12.1 Å². The Morgan fingerprint density at radius 2 is 2.25 bits per heavy atom. The predicted molar refractivity (Wildman–Crippen MR) is 78.9 cm³/mol. The SMILES string of the molecule is O=C(C[C@@H]1COCCN1)Nc1cccc2c1CCCC2. The summed E-state index contributed by atoms with van der Waals surface area (Å²) in [4.78, 5) is 12.2. The van der Waals surface area contributed by atoms with Crippen molar-refractivity contribution in [2.45, 2.75) is 38.1 Å². The molecule has 4 heteroatoms. The number of benzene rings is 1. The van der Waals surface area contributed by atoms with E-state index in [4.69, 9.17) is 4.74 Å². The third kappa shape index (κ3) is 3.19. The molecule has 1 saturated heterocycles. The molecule has 0 spiro atoms. The Bertz CT molecular complexity index is 481. The van der Waals surface area contributed by atoms with Gasteiger partial charge in [-0.3, -0.25) is 4.79 Å². The van der Waals surface area contributed by atoms with Gasteiger partial charge in [0, 0.05) is 24.7 Å². The molecule has 0 radical (unpaired) electrons. The van der Waals surface area contributed by atoms with E-state index >= 15 is 0 Å². The number of nitrogens with one attached hydrogen (secondary N) is 2. The molecule has 1 aromatic rings. The van der Waals surface area contributed by atoms with E-state index in [0.717, 1.165) is 31.7 Å². The molecule has 1 fully saturated rings. The van der Waals surface area contributed by atoms with Gasteiger partial charge in [-0.2, -0.15) is 0 Å². The molecule has 1 amide bonds. The van der Waals surface area contributed by atoms with Crippen molar-refractivity contribution in [2.24, 2.45) is 0 Å². The van der Waals surface area contributed by atoms with E-state index in [1.54, 1.807) is 0 Å². The van der Waals surface area contributed by atoms with Crippen LogP contribution in [0.25, 0.3) is 0 Å². The maximum absolute atomic E-state index is 12.2. The summed E-state index contributed by atoms with van der Waals surface area (Å²) < 4.78 is 5.38. The Morgan fingerprint density at radius 1 is 1.35 bits per heavy atom. The van der Waals surface area contributed by atoms with E-state index in [2.05, 4.69) is 16.7 Å². The number of ether oxygens (including phenoxy) is 1. The van der Waals surface area contributed by atoms with Crippen molar-refractivity contribution in [2.75, 3.05) is 25.1 Å². The first kappa shape index (κ1) is 13.6. The van der Waals surface area contributed by atoms with Crippen LogP contribution in [0.15, 0.2) is 18.2 Å². The van der Waals surface area contributed by atoms with Gasteiger partial charge in [0.25, 0.3) is 0 Å². The fraction of sp³-hybridized carbons (Fsp3) is 0.562. The summed E-state index contributed by atoms with van der Waals surface area (Å²) in [5, 5.41) is 6.40. The van der Waals surface area contributed by atoms with Crippen molar-refractivity contribution in [3.8, 4) is 0 Å². The van der Waals surface area contributed by atoms with Crippen LogP contribution >= 0.6 is 0 Å². The zero-order valence-corrected chi connectivity index (χ0v) is 11.8. The van der Waals surface area contributed by atoms with E-state index in [1.165, 1.54) is 24.0 Å². The minimum absolute atomic E-state index is 0.0759. The van der Waals surface area contributed by atoms with Crippen LogP contribution in [-0.2, 0) is 22.4 Å². The number of anilines is 1. The van der Waals surface area contributed by atoms with Crippen LogP contribution in [0.1, 0.15) is 30.4 Å². The van der Waals surface area contributed by atoms with Gasteiger partial charge in [0.1, 0.15) is 0 Å². The minimum Gasteiger partial charge on any atom is -0.378 e. The standard InChI is InChI=1S/C16H22N2O2/c19-16(10-13-11-20-9-8-17-13)18-15-7-3-5-12-4-1-2-6-14(12)15/h3,5,7,13,17H,1-2,4,6,8-11H2,(H,18,19)/t13-/m1/s1. The number of morpholine rings is 1.